The van der Waals surface area contributed by atoms with E-state index in [-0.39, 0.29) is 17.7 Å². The average Bonchev–Trinajstić information content (AvgIpc) is 3.58. The number of hydrogen-bond acceptors (Lipinski definition) is 7. The number of imidazole rings is 1. The molecule has 5 aromatic heterocycles. The van der Waals surface area contributed by atoms with Crippen molar-refractivity contribution in [2.24, 2.45) is 0 Å². The van der Waals surface area contributed by atoms with Gasteiger partial charge in [0.1, 0.15) is 6.04 Å². The summed E-state index contributed by atoms with van der Waals surface area (Å²) < 4.78 is 7.53. The molecule has 0 aliphatic carbocycles. The van der Waals surface area contributed by atoms with Crippen LogP contribution in [0.2, 0.25) is 0 Å². The third-order valence-corrected chi connectivity index (χ3v) is 5.71. The van der Waals surface area contributed by atoms with E-state index in [4.69, 9.17) is 9.52 Å². The standard InChI is InChI=1S/C22H18N8O2/c1-13-4-3-8-30-17(13)10-16(28-30)19-18-15(24-12-25-18)6-9-29(19)22(31)21-27-26-20(32-21)14-5-2-7-23-11-14/h2-5,7-8,10-12,19H,6,9H2,1H3,(H,24,25)/t19-/m0/s1. The number of amides is 1. The molecule has 158 valence electrons. The number of aromatic amines is 1. The molecule has 0 saturated heterocycles. The molecule has 10 heteroatoms. The maximum atomic E-state index is 13.5. The Bertz CT molecular complexity index is 1430. The van der Waals surface area contributed by atoms with Crippen molar-refractivity contribution in [3.63, 3.8) is 0 Å². The van der Waals surface area contributed by atoms with Crippen molar-refractivity contribution < 1.29 is 9.21 Å². The zero-order valence-electron chi connectivity index (χ0n) is 17.1. The molecule has 0 spiro atoms. The van der Waals surface area contributed by atoms with Crippen LogP contribution in [0, 0.1) is 6.92 Å². The first-order chi connectivity index (χ1) is 15.7. The number of aryl methyl sites for hydroxylation is 1. The number of nitrogens with one attached hydrogen (secondary N) is 1. The number of fused-ring (bicyclic) bond motifs is 2. The number of aromatic nitrogens is 7. The molecular formula is C22H18N8O2. The molecule has 1 amide bonds. The van der Waals surface area contributed by atoms with Gasteiger partial charge in [0, 0.05) is 37.3 Å². The van der Waals surface area contributed by atoms with Crippen LogP contribution < -0.4 is 0 Å². The van der Waals surface area contributed by atoms with E-state index in [2.05, 4.69) is 25.1 Å². The Balaban J connectivity index is 1.41. The molecule has 1 atom stereocenters. The van der Waals surface area contributed by atoms with Crippen LogP contribution in [0.5, 0.6) is 0 Å². The highest BCUT2D eigenvalue weighted by Gasteiger charge is 2.38. The van der Waals surface area contributed by atoms with Gasteiger partial charge in [0.15, 0.2) is 0 Å². The predicted molar refractivity (Wildman–Crippen MR) is 113 cm³/mol. The third-order valence-electron chi connectivity index (χ3n) is 5.71. The van der Waals surface area contributed by atoms with Crippen LogP contribution in [0.25, 0.3) is 17.0 Å². The first-order valence-corrected chi connectivity index (χ1v) is 10.2. The quantitative estimate of drug-likeness (QED) is 0.471. The summed E-state index contributed by atoms with van der Waals surface area (Å²) in [7, 11) is 0. The Morgan fingerprint density at radius 2 is 2.19 bits per heavy atom. The monoisotopic (exact) mass is 426 g/mol. The lowest BCUT2D eigenvalue weighted by atomic mass is 9.99. The summed E-state index contributed by atoms with van der Waals surface area (Å²) in [6, 6.07) is 9.08. The first kappa shape index (κ1) is 18.4. The Hall–Kier alpha value is -4.34. The molecule has 0 bridgehead atoms. The van der Waals surface area contributed by atoms with Gasteiger partial charge in [0.05, 0.1) is 28.8 Å². The van der Waals surface area contributed by atoms with Gasteiger partial charge in [-0.2, -0.15) is 5.10 Å². The highest BCUT2D eigenvalue weighted by atomic mass is 16.4. The lowest BCUT2D eigenvalue weighted by molar-refractivity contribution is 0.0646. The van der Waals surface area contributed by atoms with Crippen molar-refractivity contribution in [3.8, 4) is 11.5 Å². The second kappa shape index (κ2) is 7.12. The fraction of sp³-hybridized carbons (Fsp3) is 0.182. The van der Waals surface area contributed by atoms with Crippen LogP contribution in [0.4, 0.5) is 0 Å². The zero-order valence-corrected chi connectivity index (χ0v) is 17.1. The summed E-state index contributed by atoms with van der Waals surface area (Å²) in [4.78, 5) is 26.9. The highest BCUT2D eigenvalue weighted by molar-refractivity contribution is 5.90. The Morgan fingerprint density at radius 1 is 1.25 bits per heavy atom. The topological polar surface area (TPSA) is 118 Å². The van der Waals surface area contributed by atoms with Crippen LogP contribution in [0.15, 0.2) is 59.7 Å². The van der Waals surface area contributed by atoms with Crippen LogP contribution >= 0.6 is 0 Å². The SMILES string of the molecule is Cc1cccn2nc([C@H]3c4nc[nH]c4CCN3C(=O)c3nnc(-c4cccnc4)o3)cc12. The van der Waals surface area contributed by atoms with Gasteiger partial charge in [-0.3, -0.25) is 9.78 Å². The molecule has 6 heterocycles. The maximum Gasteiger partial charge on any atom is 0.312 e. The molecule has 1 N–H and O–H groups in total. The summed E-state index contributed by atoms with van der Waals surface area (Å²) in [5.74, 6) is -0.188. The lowest BCUT2D eigenvalue weighted by Crippen LogP contribution is -2.41. The fourth-order valence-corrected chi connectivity index (χ4v) is 4.14. The molecule has 5 aromatic rings. The van der Waals surface area contributed by atoms with Crippen LogP contribution in [0.3, 0.4) is 0 Å². The largest absolute Gasteiger partial charge is 0.412 e. The Kier molecular flexibility index (Phi) is 4.10. The van der Waals surface area contributed by atoms with E-state index in [0.29, 0.717) is 18.5 Å². The van der Waals surface area contributed by atoms with Crippen LogP contribution in [0.1, 0.15) is 39.4 Å². The normalized spacial score (nSPS) is 15.8. The molecule has 1 aliphatic rings. The van der Waals surface area contributed by atoms with E-state index in [1.807, 2.05) is 35.8 Å². The number of pyridine rings is 2. The van der Waals surface area contributed by atoms with E-state index >= 15 is 0 Å². The summed E-state index contributed by atoms with van der Waals surface area (Å²) in [5.41, 5.74) is 5.23. The van der Waals surface area contributed by atoms with Crippen LogP contribution in [-0.2, 0) is 6.42 Å². The number of H-pyrrole nitrogens is 1. The van der Waals surface area contributed by atoms with E-state index < -0.39 is 6.04 Å². The van der Waals surface area contributed by atoms with Crippen molar-refractivity contribution in [1.82, 2.24) is 39.7 Å². The minimum atomic E-state index is -0.467. The molecule has 6 rings (SSSR count). The Labute approximate surface area is 181 Å². The van der Waals surface area contributed by atoms with E-state index in [1.165, 1.54) is 0 Å². The molecule has 0 aromatic carbocycles. The summed E-state index contributed by atoms with van der Waals surface area (Å²) in [6.45, 7) is 2.50. The minimum Gasteiger partial charge on any atom is -0.412 e. The average molecular weight is 426 g/mol. The summed E-state index contributed by atoms with van der Waals surface area (Å²) in [5, 5.41) is 12.8. The number of carbonyl (C=O) groups is 1. The minimum absolute atomic E-state index is 0.0761. The van der Waals surface area contributed by atoms with Gasteiger partial charge < -0.3 is 14.3 Å². The second-order valence-electron chi connectivity index (χ2n) is 7.66. The van der Waals surface area contributed by atoms with Gasteiger partial charge >= 0.3 is 11.8 Å². The fourth-order valence-electron chi connectivity index (χ4n) is 4.14. The molecule has 32 heavy (non-hydrogen) atoms. The molecule has 10 nitrogen and oxygen atoms in total. The number of hydrogen-bond donors (Lipinski definition) is 1. The van der Waals surface area contributed by atoms with Crippen molar-refractivity contribution in [1.29, 1.82) is 0 Å². The van der Waals surface area contributed by atoms with Gasteiger partial charge in [-0.15, -0.1) is 10.2 Å². The maximum absolute atomic E-state index is 13.5. The molecule has 1 aliphatic heterocycles. The van der Waals surface area contributed by atoms with E-state index in [9.17, 15) is 4.79 Å². The van der Waals surface area contributed by atoms with Gasteiger partial charge in [0.2, 0.25) is 5.89 Å². The van der Waals surface area contributed by atoms with Gasteiger partial charge in [-0.1, -0.05) is 6.07 Å². The van der Waals surface area contributed by atoms with Crippen molar-refractivity contribution in [2.75, 3.05) is 6.54 Å². The second-order valence-corrected chi connectivity index (χ2v) is 7.66. The molecule has 0 radical (unpaired) electrons. The van der Waals surface area contributed by atoms with Gasteiger partial charge in [-0.25, -0.2) is 9.50 Å². The Morgan fingerprint density at radius 3 is 3.03 bits per heavy atom. The van der Waals surface area contributed by atoms with Crippen molar-refractivity contribution in [3.05, 3.63) is 83.8 Å². The lowest BCUT2D eigenvalue weighted by Gasteiger charge is -2.32. The molecule has 0 fully saturated rings. The van der Waals surface area contributed by atoms with Crippen molar-refractivity contribution >= 4 is 11.4 Å². The number of nitrogens with zero attached hydrogens (tertiary/aromatic N) is 7. The highest BCUT2D eigenvalue weighted by Crippen LogP contribution is 2.34. The van der Waals surface area contributed by atoms with Crippen LogP contribution in [-0.4, -0.2) is 52.1 Å². The molecule has 0 unspecified atom stereocenters. The van der Waals surface area contributed by atoms with E-state index in [0.717, 1.165) is 28.2 Å². The van der Waals surface area contributed by atoms with Gasteiger partial charge in [-0.05, 0) is 36.8 Å². The third kappa shape index (κ3) is 2.88. The van der Waals surface area contributed by atoms with Crippen molar-refractivity contribution in [2.45, 2.75) is 19.4 Å². The predicted octanol–water partition coefficient (Wildman–Crippen LogP) is 2.60. The number of carbonyl (C=O) groups excluding carboxylic acids is 1. The smallest absolute Gasteiger partial charge is 0.312 e. The zero-order chi connectivity index (χ0) is 21.7. The molecule has 0 saturated carbocycles. The summed E-state index contributed by atoms with van der Waals surface area (Å²) >= 11 is 0. The van der Waals surface area contributed by atoms with E-state index in [1.54, 1.807) is 35.8 Å². The molecular weight excluding hydrogens is 408 g/mol. The van der Waals surface area contributed by atoms with Gasteiger partial charge in [0.25, 0.3) is 0 Å². The first-order valence-electron chi connectivity index (χ1n) is 10.2. The number of rotatable bonds is 3. The summed E-state index contributed by atoms with van der Waals surface area (Å²) in [6.07, 6.45) is 7.46.